The second-order valence-electron chi connectivity index (χ2n) is 9.97. The molecule has 1 aromatic rings. The molecule has 0 radical (unpaired) electrons. The van der Waals surface area contributed by atoms with E-state index in [9.17, 15) is 9.59 Å². The highest BCUT2D eigenvalue weighted by molar-refractivity contribution is 5.95. The summed E-state index contributed by atoms with van der Waals surface area (Å²) in [5.74, 6) is 0.992. The molecule has 2 amide bonds. The number of carbonyl (C=O) groups is 2. The molecule has 0 aromatic heterocycles. The Balaban J connectivity index is 1.06. The minimum absolute atomic E-state index is 0.0281. The van der Waals surface area contributed by atoms with E-state index in [1.807, 2.05) is 18.2 Å². The van der Waals surface area contributed by atoms with Crippen LogP contribution in [0, 0.1) is 5.92 Å². The Kier molecular flexibility index (Phi) is 6.64. The van der Waals surface area contributed by atoms with E-state index in [0.717, 1.165) is 76.2 Å². The number of anilines is 1. The number of nitrogens with one attached hydrogen (secondary N) is 1. The highest BCUT2D eigenvalue weighted by Gasteiger charge is 2.30. The van der Waals surface area contributed by atoms with Crippen LogP contribution in [-0.2, 0) is 4.79 Å². The molecular formula is C25H37N5O2. The van der Waals surface area contributed by atoms with Crippen LogP contribution in [0.25, 0.3) is 0 Å². The smallest absolute Gasteiger partial charge is 0.251 e. The molecule has 5 rings (SSSR count). The lowest BCUT2D eigenvalue weighted by atomic mass is 9.91. The van der Waals surface area contributed by atoms with Gasteiger partial charge in [0.1, 0.15) is 0 Å². The third-order valence-electron chi connectivity index (χ3n) is 7.71. The Bertz CT molecular complexity index is 806. The summed E-state index contributed by atoms with van der Waals surface area (Å²) in [4.78, 5) is 34.5. The Morgan fingerprint density at radius 3 is 2.31 bits per heavy atom. The first kappa shape index (κ1) is 21.7. The summed E-state index contributed by atoms with van der Waals surface area (Å²) in [6.07, 6.45) is 6.53. The van der Waals surface area contributed by atoms with Crippen molar-refractivity contribution < 1.29 is 9.59 Å². The second kappa shape index (κ2) is 9.79. The summed E-state index contributed by atoms with van der Waals surface area (Å²) >= 11 is 0. The fourth-order valence-corrected chi connectivity index (χ4v) is 5.05. The molecule has 0 bridgehead atoms. The zero-order valence-corrected chi connectivity index (χ0v) is 19.2. The van der Waals surface area contributed by atoms with Crippen LogP contribution in [0.3, 0.4) is 0 Å². The van der Waals surface area contributed by atoms with Gasteiger partial charge in [-0.15, -0.1) is 0 Å². The minimum atomic E-state index is 0.0281. The maximum atomic E-state index is 12.8. The summed E-state index contributed by atoms with van der Waals surface area (Å²) in [6, 6.07) is 8.74. The molecule has 1 aromatic carbocycles. The molecule has 0 spiro atoms. The van der Waals surface area contributed by atoms with Crippen molar-refractivity contribution in [2.45, 2.75) is 38.1 Å². The molecule has 0 unspecified atom stereocenters. The maximum absolute atomic E-state index is 12.8. The first-order chi connectivity index (χ1) is 15.7. The molecule has 4 aliphatic rings. The van der Waals surface area contributed by atoms with Gasteiger partial charge in [-0.1, -0.05) is 12.5 Å². The second-order valence-corrected chi connectivity index (χ2v) is 9.97. The SMILES string of the molecule is O=C(NCC1CC1)c1cccc(N2CCN(CC(=O)N3CCN(C4CCC4)CC3)CC2)c1. The number of piperazine rings is 2. The molecule has 32 heavy (non-hydrogen) atoms. The fraction of sp³-hybridized carbons (Fsp3) is 0.680. The Labute approximate surface area is 191 Å². The van der Waals surface area contributed by atoms with Gasteiger partial charge in [0, 0.05) is 76.2 Å². The number of benzene rings is 1. The van der Waals surface area contributed by atoms with E-state index < -0.39 is 0 Å². The largest absolute Gasteiger partial charge is 0.369 e. The first-order valence-electron chi connectivity index (χ1n) is 12.5. The van der Waals surface area contributed by atoms with E-state index in [0.29, 0.717) is 12.5 Å². The monoisotopic (exact) mass is 439 g/mol. The first-order valence-corrected chi connectivity index (χ1v) is 12.5. The molecule has 1 N–H and O–H groups in total. The highest BCUT2D eigenvalue weighted by atomic mass is 16.2. The van der Waals surface area contributed by atoms with Crippen LogP contribution in [0.4, 0.5) is 5.69 Å². The van der Waals surface area contributed by atoms with Gasteiger partial charge in [0.05, 0.1) is 6.54 Å². The number of carbonyl (C=O) groups excluding carboxylic acids is 2. The molecule has 4 fully saturated rings. The van der Waals surface area contributed by atoms with Crippen molar-refractivity contribution in [1.82, 2.24) is 20.0 Å². The van der Waals surface area contributed by atoms with E-state index in [1.165, 1.54) is 32.1 Å². The minimum Gasteiger partial charge on any atom is -0.369 e. The van der Waals surface area contributed by atoms with Crippen LogP contribution < -0.4 is 10.2 Å². The van der Waals surface area contributed by atoms with Crippen LogP contribution in [-0.4, -0.2) is 98.0 Å². The summed E-state index contributed by atoms with van der Waals surface area (Å²) in [6.45, 7) is 8.69. The Hall–Kier alpha value is -2.12. The quantitative estimate of drug-likeness (QED) is 0.700. The van der Waals surface area contributed by atoms with Gasteiger partial charge in [-0.05, 0) is 49.8 Å². The summed E-state index contributed by atoms with van der Waals surface area (Å²) < 4.78 is 0. The molecule has 2 aliphatic heterocycles. The molecule has 7 nitrogen and oxygen atoms in total. The van der Waals surface area contributed by atoms with Crippen molar-refractivity contribution in [3.63, 3.8) is 0 Å². The molecule has 2 saturated carbocycles. The molecule has 174 valence electrons. The molecule has 2 saturated heterocycles. The zero-order valence-electron chi connectivity index (χ0n) is 19.2. The topological polar surface area (TPSA) is 59.1 Å². The molecule has 7 heteroatoms. The fourth-order valence-electron chi connectivity index (χ4n) is 5.05. The van der Waals surface area contributed by atoms with Crippen molar-refractivity contribution in [3.8, 4) is 0 Å². The predicted octanol–water partition coefficient (Wildman–Crippen LogP) is 1.65. The third kappa shape index (κ3) is 5.26. The lowest BCUT2D eigenvalue weighted by Crippen LogP contribution is -2.56. The van der Waals surface area contributed by atoms with Crippen LogP contribution in [0.1, 0.15) is 42.5 Å². The van der Waals surface area contributed by atoms with Crippen molar-refractivity contribution in [3.05, 3.63) is 29.8 Å². The van der Waals surface area contributed by atoms with Gasteiger partial charge in [0.2, 0.25) is 5.91 Å². The zero-order chi connectivity index (χ0) is 21.9. The van der Waals surface area contributed by atoms with E-state index in [4.69, 9.17) is 0 Å². The molecule has 2 aliphatic carbocycles. The number of amides is 2. The van der Waals surface area contributed by atoms with Crippen LogP contribution in [0.2, 0.25) is 0 Å². The highest BCUT2D eigenvalue weighted by Crippen LogP contribution is 2.28. The van der Waals surface area contributed by atoms with Gasteiger partial charge in [0.25, 0.3) is 5.91 Å². The van der Waals surface area contributed by atoms with Crippen molar-refractivity contribution >= 4 is 17.5 Å². The number of hydrogen-bond acceptors (Lipinski definition) is 5. The number of rotatable bonds is 7. The normalized spacial score (nSPS) is 23.1. The van der Waals surface area contributed by atoms with Gasteiger partial charge >= 0.3 is 0 Å². The summed E-state index contributed by atoms with van der Waals surface area (Å²) in [5, 5.41) is 3.06. The van der Waals surface area contributed by atoms with Crippen molar-refractivity contribution in [1.29, 1.82) is 0 Å². The third-order valence-corrected chi connectivity index (χ3v) is 7.71. The van der Waals surface area contributed by atoms with Crippen molar-refractivity contribution in [2.75, 3.05) is 70.3 Å². The van der Waals surface area contributed by atoms with Crippen LogP contribution in [0.5, 0.6) is 0 Å². The number of hydrogen-bond donors (Lipinski definition) is 1. The van der Waals surface area contributed by atoms with E-state index in [2.05, 4.69) is 31.0 Å². The van der Waals surface area contributed by atoms with E-state index in [1.54, 1.807) is 0 Å². The maximum Gasteiger partial charge on any atom is 0.251 e. The lowest BCUT2D eigenvalue weighted by Gasteiger charge is -2.43. The molecule has 2 heterocycles. The average Bonchev–Trinajstić information content (AvgIpc) is 3.62. The van der Waals surface area contributed by atoms with Gasteiger partial charge in [-0.25, -0.2) is 0 Å². The van der Waals surface area contributed by atoms with Crippen molar-refractivity contribution in [2.24, 2.45) is 5.92 Å². The average molecular weight is 440 g/mol. The summed E-state index contributed by atoms with van der Waals surface area (Å²) in [7, 11) is 0. The van der Waals surface area contributed by atoms with E-state index >= 15 is 0 Å². The lowest BCUT2D eigenvalue weighted by molar-refractivity contribution is -0.134. The Morgan fingerprint density at radius 1 is 0.906 bits per heavy atom. The van der Waals surface area contributed by atoms with Crippen LogP contribution >= 0.6 is 0 Å². The number of nitrogens with zero attached hydrogens (tertiary/aromatic N) is 4. The van der Waals surface area contributed by atoms with Gasteiger partial charge in [0.15, 0.2) is 0 Å². The van der Waals surface area contributed by atoms with Gasteiger partial charge in [-0.3, -0.25) is 19.4 Å². The molecular weight excluding hydrogens is 402 g/mol. The summed E-state index contributed by atoms with van der Waals surface area (Å²) in [5.41, 5.74) is 1.84. The van der Waals surface area contributed by atoms with Gasteiger partial charge in [-0.2, -0.15) is 0 Å². The predicted molar refractivity (Wildman–Crippen MR) is 126 cm³/mol. The standard InChI is InChI=1S/C25H37N5O2/c31-24(30-15-13-28(14-16-30)22-4-2-5-22)19-27-9-11-29(12-10-27)23-6-1-3-21(17-23)25(32)26-18-20-7-8-20/h1,3,6,17,20,22H,2,4-5,7-16,18-19H2,(H,26,32). The molecule has 0 atom stereocenters. The van der Waals surface area contributed by atoms with Crippen LogP contribution in [0.15, 0.2) is 24.3 Å². The Morgan fingerprint density at radius 2 is 1.66 bits per heavy atom. The van der Waals surface area contributed by atoms with Gasteiger partial charge < -0.3 is 15.1 Å². The van der Waals surface area contributed by atoms with E-state index in [-0.39, 0.29) is 11.8 Å².